The Morgan fingerprint density at radius 3 is 2.95 bits per heavy atom. The van der Waals surface area contributed by atoms with Gasteiger partial charge in [0.2, 0.25) is 5.91 Å². The van der Waals surface area contributed by atoms with Gasteiger partial charge in [0.05, 0.1) is 0 Å². The average Bonchev–Trinajstić information content (AvgIpc) is 2.55. The molecule has 4 heteroatoms. The lowest BCUT2D eigenvalue weighted by Gasteiger charge is -2.39. The van der Waals surface area contributed by atoms with Crippen LogP contribution in [0.15, 0.2) is 18.3 Å². The Hall–Kier alpha value is -1.42. The van der Waals surface area contributed by atoms with Crippen molar-refractivity contribution in [3.8, 4) is 0 Å². The van der Waals surface area contributed by atoms with Crippen molar-refractivity contribution in [2.24, 2.45) is 0 Å². The third-order valence-corrected chi connectivity index (χ3v) is 5.15. The van der Waals surface area contributed by atoms with Gasteiger partial charge in [-0.3, -0.25) is 9.78 Å². The maximum atomic E-state index is 12.7. The molecular weight excluding hydrogens is 262 g/mol. The van der Waals surface area contributed by atoms with Crippen molar-refractivity contribution in [1.29, 1.82) is 0 Å². The zero-order chi connectivity index (χ0) is 14.7. The molecule has 2 heterocycles. The first-order chi connectivity index (χ1) is 10.2. The lowest BCUT2D eigenvalue weighted by Crippen LogP contribution is -2.49. The first-order valence-corrected chi connectivity index (χ1v) is 8.12. The second kappa shape index (κ2) is 6.14. The van der Waals surface area contributed by atoms with Crippen LogP contribution in [0.1, 0.15) is 49.8 Å². The fraction of sp³-hybridized carbons (Fsp3) is 0.647. The summed E-state index contributed by atoms with van der Waals surface area (Å²) in [6.45, 7) is 1.53. The molecular formula is C17H25N3O. The van der Waals surface area contributed by atoms with E-state index >= 15 is 0 Å². The summed E-state index contributed by atoms with van der Waals surface area (Å²) in [7, 11) is 2.01. The first-order valence-electron chi connectivity index (χ1n) is 8.12. The lowest BCUT2D eigenvalue weighted by atomic mass is 9.79. The van der Waals surface area contributed by atoms with E-state index in [1.54, 1.807) is 0 Å². The SMILES string of the molecule is CNC1(CC(=O)N2CCc3ncccc3C2)CCCCC1. The molecule has 1 amide bonds. The normalized spacial score (nSPS) is 20.9. The molecule has 1 aliphatic heterocycles. The molecule has 0 saturated heterocycles. The quantitative estimate of drug-likeness (QED) is 0.927. The van der Waals surface area contributed by atoms with E-state index in [9.17, 15) is 4.79 Å². The maximum Gasteiger partial charge on any atom is 0.224 e. The van der Waals surface area contributed by atoms with E-state index in [2.05, 4.69) is 16.4 Å². The van der Waals surface area contributed by atoms with Crippen molar-refractivity contribution < 1.29 is 4.79 Å². The van der Waals surface area contributed by atoms with Gasteiger partial charge in [-0.15, -0.1) is 0 Å². The Morgan fingerprint density at radius 1 is 1.38 bits per heavy atom. The number of pyridine rings is 1. The molecule has 1 saturated carbocycles. The standard InChI is InChI=1S/C17H25N3O/c1-18-17(8-3-2-4-9-17)12-16(21)20-11-7-15-14(13-20)6-5-10-19-15/h5-6,10,18H,2-4,7-9,11-13H2,1H3. The van der Waals surface area contributed by atoms with E-state index in [4.69, 9.17) is 0 Å². The molecule has 0 bridgehead atoms. The fourth-order valence-corrected chi connectivity index (χ4v) is 3.72. The number of carbonyl (C=O) groups is 1. The summed E-state index contributed by atoms with van der Waals surface area (Å²) < 4.78 is 0. The van der Waals surface area contributed by atoms with Gasteiger partial charge in [-0.25, -0.2) is 0 Å². The van der Waals surface area contributed by atoms with Crippen LogP contribution in [-0.2, 0) is 17.8 Å². The Labute approximate surface area is 126 Å². The molecule has 4 nitrogen and oxygen atoms in total. The number of carbonyl (C=O) groups excluding carboxylic acids is 1. The second-order valence-electron chi connectivity index (χ2n) is 6.44. The van der Waals surface area contributed by atoms with E-state index in [1.165, 1.54) is 24.8 Å². The van der Waals surface area contributed by atoms with Gasteiger partial charge in [-0.1, -0.05) is 25.3 Å². The van der Waals surface area contributed by atoms with Crippen molar-refractivity contribution >= 4 is 5.91 Å². The molecule has 0 aromatic carbocycles. The number of rotatable bonds is 3. The molecule has 0 spiro atoms. The highest BCUT2D eigenvalue weighted by atomic mass is 16.2. The lowest BCUT2D eigenvalue weighted by molar-refractivity contribution is -0.134. The maximum absolute atomic E-state index is 12.7. The van der Waals surface area contributed by atoms with Crippen molar-refractivity contribution in [2.75, 3.05) is 13.6 Å². The van der Waals surface area contributed by atoms with Gasteiger partial charge in [0.25, 0.3) is 0 Å². The molecule has 1 aromatic rings. The minimum Gasteiger partial charge on any atom is -0.338 e. The monoisotopic (exact) mass is 287 g/mol. The topological polar surface area (TPSA) is 45.2 Å². The molecule has 2 aliphatic rings. The Kier molecular flexibility index (Phi) is 4.24. The molecule has 1 aromatic heterocycles. The Bertz CT molecular complexity index is 509. The second-order valence-corrected chi connectivity index (χ2v) is 6.44. The smallest absolute Gasteiger partial charge is 0.224 e. The van der Waals surface area contributed by atoms with Crippen LogP contribution in [0.25, 0.3) is 0 Å². The van der Waals surface area contributed by atoms with Crippen molar-refractivity contribution in [3.05, 3.63) is 29.6 Å². The number of aromatic nitrogens is 1. The summed E-state index contributed by atoms with van der Waals surface area (Å²) in [6, 6.07) is 4.05. The average molecular weight is 287 g/mol. The summed E-state index contributed by atoms with van der Waals surface area (Å²) in [5.41, 5.74) is 2.40. The predicted molar refractivity (Wildman–Crippen MR) is 82.9 cm³/mol. The zero-order valence-electron chi connectivity index (χ0n) is 12.9. The highest BCUT2D eigenvalue weighted by molar-refractivity contribution is 5.77. The molecule has 0 radical (unpaired) electrons. The number of amides is 1. The van der Waals surface area contributed by atoms with Crippen LogP contribution in [0.3, 0.4) is 0 Å². The summed E-state index contributed by atoms with van der Waals surface area (Å²) >= 11 is 0. The summed E-state index contributed by atoms with van der Waals surface area (Å²) in [5, 5.41) is 3.45. The highest BCUT2D eigenvalue weighted by Crippen LogP contribution is 2.31. The van der Waals surface area contributed by atoms with Crippen LogP contribution in [0, 0.1) is 0 Å². The largest absolute Gasteiger partial charge is 0.338 e. The predicted octanol–water partition coefficient (Wildman–Crippen LogP) is 2.28. The van der Waals surface area contributed by atoms with Crippen LogP contribution in [0.4, 0.5) is 0 Å². The molecule has 1 aliphatic carbocycles. The molecule has 0 unspecified atom stereocenters. The van der Waals surface area contributed by atoms with E-state index < -0.39 is 0 Å². The number of hydrogen-bond donors (Lipinski definition) is 1. The molecule has 3 rings (SSSR count). The van der Waals surface area contributed by atoms with E-state index in [-0.39, 0.29) is 5.54 Å². The zero-order valence-corrected chi connectivity index (χ0v) is 12.9. The van der Waals surface area contributed by atoms with Gasteiger partial charge < -0.3 is 10.2 Å². The minimum atomic E-state index is 0.0323. The molecule has 1 fully saturated rings. The van der Waals surface area contributed by atoms with Crippen LogP contribution < -0.4 is 5.32 Å². The van der Waals surface area contributed by atoms with Crippen LogP contribution in [0.2, 0.25) is 0 Å². The number of nitrogens with zero attached hydrogens (tertiary/aromatic N) is 2. The van der Waals surface area contributed by atoms with Crippen LogP contribution >= 0.6 is 0 Å². The van der Waals surface area contributed by atoms with Crippen LogP contribution in [0.5, 0.6) is 0 Å². The van der Waals surface area contributed by atoms with E-state index in [0.29, 0.717) is 12.3 Å². The van der Waals surface area contributed by atoms with Crippen molar-refractivity contribution in [1.82, 2.24) is 15.2 Å². The van der Waals surface area contributed by atoms with Gasteiger partial charge in [0.1, 0.15) is 0 Å². The van der Waals surface area contributed by atoms with Crippen molar-refractivity contribution in [3.63, 3.8) is 0 Å². The van der Waals surface area contributed by atoms with Crippen LogP contribution in [-0.4, -0.2) is 34.9 Å². The van der Waals surface area contributed by atoms with Gasteiger partial charge in [-0.2, -0.15) is 0 Å². The summed E-state index contributed by atoms with van der Waals surface area (Å²) in [5.74, 6) is 0.292. The van der Waals surface area contributed by atoms with Gasteiger partial charge in [0, 0.05) is 43.4 Å². The van der Waals surface area contributed by atoms with E-state index in [0.717, 1.165) is 38.0 Å². The number of fused-ring (bicyclic) bond motifs is 1. The Balaban J connectivity index is 1.66. The Morgan fingerprint density at radius 2 is 2.19 bits per heavy atom. The van der Waals surface area contributed by atoms with Gasteiger partial charge in [0.15, 0.2) is 0 Å². The van der Waals surface area contributed by atoms with Gasteiger partial charge in [-0.05, 0) is 31.5 Å². The molecule has 0 atom stereocenters. The van der Waals surface area contributed by atoms with Crippen molar-refractivity contribution in [2.45, 2.75) is 57.0 Å². The van der Waals surface area contributed by atoms with Gasteiger partial charge >= 0.3 is 0 Å². The number of nitrogens with one attached hydrogen (secondary N) is 1. The molecule has 1 N–H and O–H groups in total. The summed E-state index contributed by atoms with van der Waals surface area (Å²) in [6.07, 6.45) is 9.40. The molecule has 21 heavy (non-hydrogen) atoms. The third kappa shape index (κ3) is 3.10. The molecule has 114 valence electrons. The summed E-state index contributed by atoms with van der Waals surface area (Å²) in [4.78, 5) is 19.1. The first kappa shape index (κ1) is 14.5. The van der Waals surface area contributed by atoms with E-state index in [1.807, 2.05) is 24.2 Å². The number of hydrogen-bond acceptors (Lipinski definition) is 3. The third-order valence-electron chi connectivity index (χ3n) is 5.15. The minimum absolute atomic E-state index is 0.0323. The fourth-order valence-electron chi connectivity index (χ4n) is 3.72. The highest BCUT2D eigenvalue weighted by Gasteiger charge is 2.34.